The molecule has 1 atom stereocenters. The van der Waals surface area contributed by atoms with Gasteiger partial charge in [-0.05, 0) is 62.8 Å². The summed E-state index contributed by atoms with van der Waals surface area (Å²) in [5, 5.41) is 8.86. The van der Waals surface area contributed by atoms with Crippen molar-refractivity contribution in [3.63, 3.8) is 0 Å². The summed E-state index contributed by atoms with van der Waals surface area (Å²) < 4.78 is 28.8. The summed E-state index contributed by atoms with van der Waals surface area (Å²) in [7, 11) is 2.98. The van der Waals surface area contributed by atoms with Gasteiger partial charge in [-0.2, -0.15) is 0 Å². The predicted molar refractivity (Wildman–Crippen MR) is 172 cm³/mol. The molecule has 1 aliphatic carbocycles. The Kier molecular flexibility index (Phi) is 11.2. The van der Waals surface area contributed by atoms with E-state index in [0.717, 1.165) is 22.3 Å². The lowest BCUT2D eigenvalue weighted by Crippen LogP contribution is -2.46. The van der Waals surface area contributed by atoms with Crippen LogP contribution in [0.3, 0.4) is 0 Å². The van der Waals surface area contributed by atoms with Gasteiger partial charge in [-0.1, -0.05) is 48.5 Å². The van der Waals surface area contributed by atoms with Gasteiger partial charge in [-0.15, -0.1) is 0 Å². The van der Waals surface area contributed by atoms with Gasteiger partial charge in [0.05, 0.1) is 32.9 Å². The molecule has 246 valence electrons. The van der Waals surface area contributed by atoms with Crippen LogP contribution in [0.4, 0.5) is 4.79 Å². The van der Waals surface area contributed by atoms with Crippen molar-refractivity contribution in [2.45, 2.75) is 71.1 Å². The minimum absolute atomic E-state index is 0.0659. The summed E-state index contributed by atoms with van der Waals surface area (Å²) >= 11 is 0. The summed E-state index contributed by atoms with van der Waals surface area (Å²) in [4.78, 5) is 39.3. The van der Waals surface area contributed by atoms with Gasteiger partial charge in [0.25, 0.3) is 0 Å². The fraction of sp³-hybridized carbons (Fsp3) is 0.417. The standard InChI is InChI=1S/C36H43NO9/c1-23(34(40)46-36(2,3)4)37(21-29-31(42-5)19-24(20-32(29)43-6)44-18-12-11-17-33(38)39)35(41)45-22-30-27-15-9-7-13-25(27)26-14-8-10-16-28(26)30/h7-10,13-16,19-20,23,30H,11-12,17-18,21-22H2,1-6H3,(H,38,39). The lowest BCUT2D eigenvalue weighted by molar-refractivity contribution is -0.160. The number of unbranched alkanes of at least 4 members (excludes halogenated alkanes) is 1. The topological polar surface area (TPSA) is 121 Å². The molecule has 10 heteroatoms. The Hall–Kier alpha value is -4.73. The van der Waals surface area contributed by atoms with E-state index in [0.29, 0.717) is 42.3 Å². The van der Waals surface area contributed by atoms with Crippen molar-refractivity contribution in [2.24, 2.45) is 0 Å². The van der Waals surface area contributed by atoms with Gasteiger partial charge in [-0.3, -0.25) is 9.69 Å². The number of amides is 1. The van der Waals surface area contributed by atoms with Gasteiger partial charge in [0, 0.05) is 24.5 Å². The summed E-state index contributed by atoms with van der Waals surface area (Å²) in [5.41, 5.74) is 4.10. The first-order valence-corrected chi connectivity index (χ1v) is 15.4. The number of benzene rings is 3. The fourth-order valence-electron chi connectivity index (χ4n) is 5.49. The zero-order chi connectivity index (χ0) is 33.4. The maximum absolute atomic E-state index is 13.9. The Balaban J connectivity index is 1.59. The normalized spacial score (nSPS) is 12.8. The van der Waals surface area contributed by atoms with Crippen LogP contribution in [-0.2, 0) is 25.6 Å². The number of aliphatic carboxylic acids is 1. The van der Waals surface area contributed by atoms with Crippen molar-refractivity contribution in [1.29, 1.82) is 0 Å². The fourth-order valence-corrected chi connectivity index (χ4v) is 5.49. The second-order valence-corrected chi connectivity index (χ2v) is 12.1. The second kappa shape index (κ2) is 15.0. The molecular weight excluding hydrogens is 590 g/mol. The predicted octanol–water partition coefficient (Wildman–Crippen LogP) is 6.82. The van der Waals surface area contributed by atoms with Crippen LogP contribution >= 0.6 is 0 Å². The van der Waals surface area contributed by atoms with Crippen LogP contribution in [0.5, 0.6) is 17.2 Å². The highest BCUT2D eigenvalue weighted by Crippen LogP contribution is 2.44. The van der Waals surface area contributed by atoms with E-state index >= 15 is 0 Å². The lowest BCUT2D eigenvalue weighted by Gasteiger charge is -2.31. The zero-order valence-corrected chi connectivity index (χ0v) is 27.3. The van der Waals surface area contributed by atoms with E-state index < -0.39 is 29.7 Å². The largest absolute Gasteiger partial charge is 0.496 e. The van der Waals surface area contributed by atoms with Crippen molar-refractivity contribution in [1.82, 2.24) is 4.90 Å². The maximum Gasteiger partial charge on any atom is 0.410 e. The van der Waals surface area contributed by atoms with E-state index in [1.54, 1.807) is 39.8 Å². The highest BCUT2D eigenvalue weighted by molar-refractivity contribution is 5.82. The number of hydrogen-bond acceptors (Lipinski definition) is 8. The molecular formula is C36H43NO9. The Labute approximate surface area is 270 Å². The molecule has 1 amide bonds. The molecule has 10 nitrogen and oxygen atoms in total. The molecule has 0 aliphatic heterocycles. The molecule has 3 aromatic carbocycles. The van der Waals surface area contributed by atoms with Crippen LogP contribution in [0.15, 0.2) is 60.7 Å². The number of carboxylic acid groups (broad SMARTS) is 1. The van der Waals surface area contributed by atoms with Crippen molar-refractivity contribution in [3.8, 4) is 28.4 Å². The van der Waals surface area contributed by atoms with E-state index in [1.807, 2.05) is 36.4 Å². The van der Waals surface area contributed by atoms with Crippen LogP contribution in [0, 0.1) is 0 Å². The Bertz CT molecular complexity index is 1470. The highest BCUT2D eigenvalue weighted by Gasteiger charge is 2.35. The number of rotatable bonds is 14. The summed E-state index contributed by atoms with van der Waals surface area (Å²) in [6.45, 7) is 7.20. The molecule has 1 unspecified atom stereocenters. The first kappa shape index (κ1) is 34.1. The minimum Gasteiger partial charge on any atom is -0.496 e. The van der Waals surface area contributed by atoms with Crippen LogP contribution in [0.25, 0.3) is 11.1 Å². The number of methoxy groups -OCH3 is 2. The number of ether oxygens (including phenoxy) is 5. The summed E-state index contributed by atoms with van der Waals surface area (Å²) in [6, 6.07) is 18.5. The third-order valence-corrected chi connectivity index (χ3v) is 7.75. The monoisotopic (exact) mass is 633 g/mol. The van der Waals surface area contributed by atoms with Gasteiger partial charge in [0.2, 0.25) is 0 Å². The van der Waals surface area contributed by atoms with Crippen molar-refractivity contribution >= 4 is 18.0 Å². The highest BCUT2D eigenvalue weighted by atomic mass is 16.6. The average molecular weight is 634 g/mol. The van der Waals surface area contributed by atoms with Gasteiger partial charge >= 0.3 is 18.0 Å². The smallest absolute Gasteiger partial charge is 0.410 e. The molecule has 46 heavy (non-hydrogen) atoms. The van der Waals surface area contributed by atoms with Gasteiger partial charge < -0.3 is 28.8 Å². The Morgan fingerprint density at radius 2 is 1.46 bits per heavy atom. The maximum atomic E-state index is 13.9. The molecule has 0 aromatic heterocycles. The van der Waals surface area contributed by atoms with Crippen LogP contribution < -0.4 is 14.2 Å². The number of carbonyl (C=O) groups excluding carboxylic acids is 2. The van der Waals surface area contributed by atoms with E-state index in [2.05, 4.69) is 12.1 Å². The molecule has 4 rings (SSSR count). The molecule has 0 saturated carbocycles. The lowest BCUT2D eigenvalue weighted by atomic mass is 9.98. The molecule has 0 spiro atoms. The van der Waals surface area contributed by atoms with Gasteiger partial charge in [0.1, 0.15) is 35.5 Å². The van der Waals surface area contributed by atoms with Crippen molar-refractivity contribution in [2.75, 3.05) is 27.4 Å². The summed E-state index contributed by atoms with van der Waals surface area (Å²) in [5.74, 6) is -0.373. The first-order valence-electron chi connectivity index (χ1n) is 15.4. The quantitative estimate of drug-likeness (QED) is 0.151. The van der Waals surface area contributed by atoms with E-state index in [1.165, 1.54) is 19.1 Å². The van der Waals surface area contributed by atoms with Crippen molar-refractivity contribution in [3.05, 3.63) is 77.4 Å². The molecule has 0 fully saturated rings. The second-order valence-electron chi connectivity index (χ2n) is 12.1. The number of esters is 1. The number of carbonyl (C=O) groups is 3. The van der Waals surface area contributed by atoms with Gasteiger partial charge in [-0.25, -0.2) is 9.59 Å². The molecule has 3 aromatic rings. The molecule has 0 radical (unpaired) electrons. The van der Waals surface area contributed by atoms with Crippen molar-refractivity contribution < 1.29 is 43.2 Å². The number of hydrogen-bond donors (Lipinski definition) is 1. The van der Waals surface area contributed by atoms with Gasteiger partial charge in [0.15, 0.2) is 0 Å². The third-order valence-electron chi connectivity index (χ3n) is 7.75. The minimum atomic E-state index is -1.01. The Morgan fingerprint density at radius 3 is 1.98 bits per heavy atom. The van der Waals surface area contributed by atoms with Crippen LogP contribution in [0.2, 0.25) is 0 Å². The third kappa shape index (κ3) is 8.29. The molecule has 0 saturated heterocycles. The molecule has 0 bridgehead atoms. The number of carboxylic acids is 1. The molecule has 1 aliphatic rings. The summed E-state index contributed by atoms with van der Waals surface area (Å²) in [6.07, 6.45) is 0.417. The molecule has 0 heterocycles. The Morgan fingerprint density at radius 1 is 0.891 bits per heavy atom. The van der Waals surface area contributed by atoms with E-state index in [9.17, 15) is 14.4 Å². The first-order chi connectivity index (χ1) is 21.9. The SMILES string of the molecule is COc1cc(OCCCCC(=O)O)cc(OC)c1CN(C(=O)OCC1c2ccccc2-c2ccccc21)C(C)C(=O)OC(C)(C)C. The van der Waals surface area contributed by atoms with Crippen LogP contribution in [0.1, 0.15) is 69.6 Å². The molecule has 1 N–H and O–H groups in total. The number of fused-ring (bicyclic) bond motifs is 3. The van der Waals surface area contributed by atoms with E-state index in [-0.39, 0.29) is 25.5 Å². The number of nitrogens with zero attached hydrogens (tertiary/aromatic N) is 1. The van der Waals surface area contributed by atoms with E-state index in [4.69, 9.17) is 28.8 Å². The average Bonchev–Trinajstić information content (AvgIpc) is 3.34. The zero-order valence-electron chi connectivity index (χ0n) is 27.3. The van der Waals surface area contributed by atoms with Crippen LogP contribution in [-0.4, -0.2) is 67.1 Å².